The monoisotopic (exact) mass is 346 g/mol. The van der Waals surface area contributed by atoms with E-state index in [9.17, 15) is 4.79 Å². The van der Waals surface area contributed by atoms with Gasteiger partial charge in [-0.15, -0.1) is 0 Å². The second-order valence-electron chi connectivity index (χ2n) is 4.72. The molecule has 2 rings (SSSR count). The molecule has 0 bridgehead atoms. The van der Waals surface area contributed by atoms with Crippen LogP contribution in [0.25, 0.3) is 0 Å². The Labute approximate surface area is 134 Å². The number of halogens is 1. The minimum absolute atomic E-state index is 0.0340. The minimum Gasteiger partial charge on any atom is -0.371 e. The lowest BCUT2D eigenvalue weighted by Gasteiger charge is -2.22. The van der Waals surface area contributed by atoms with Crippen LogP contribution in [0.5, 0.6) is 0 Å². The lowest BCUT2D eigenvalue weighted by atomic mass is 10.2. The van der Waals surface area contributed by atoms with Crippen LogP contribution in [0, 0.1) is 0 Å². The van der Waals surface area contributed by atoms with Crippen molar-refractivity contribution in [3.63, 3.8) is 0 Å². The average Bonchev–Trinajstić information content (AvgIpc) is 2.51. The molecule has 0 saturated heterocycles. The highest BCUT2D eigenvalue weighted by Crippen LogP contribution is 2.15. The van der Waals surface area contributed by atoms with Crippen LogP contribution in [0.1, 0.15) is 13.3 Å². The fourth-order valence-electron chi connectivity index (χ4n) is 2.10. The van der Waals surface area contributed by atoms with Crippen LogP contribution in [0.15, 0.2) is 59.1 Å². The van der Waals surface area contributed by atoms with Crippen molar-refractivity contribution in [3.05, 3.63) is 59.1 Å². The third kappa shape index (κ3) is 4.90. The zero-order chi connectivity index (χ0) is 15.1. The Morgan fingerprint density at radius 2 is 1.76 bits per heavy atom. The molecule has 2 aromatic carbocycles. The van der Waals surface area contributed by atoms with E-state index >= 15 is 0 Å². The smallest absolute Gasteiger partial charge is 0.226 e. The van der Waals surface area contributed by atoms with Gasteiger partial charge in [0, 0.05) is 35.4 Å². The molecule has 0 aliphatic heterocycles. The molecular weight excluding hydrogens is 328 g/mol. The molecule has 0 unspecified atom stereocenters. The third-order valence-corrected chi connectivity index (χ3v) is 3.77. The standard InChI is InChI=1S/C17H19BrN2O/c1-2-20(16-6-4-3-5-7-16)13-12-17(21)19-15-10-8-14(18)9-11-15/h3-11H,2,12-13H2,1H3,(H,19,21). The quantitative estimate of drug-likeness (QED) is 0.845. The zero-order valence-electron chi connectivity index (χ0n) is 12.1. The van der Waals surface area contributed by atoms with Crippen molar-refractivity contribution in [3.8, 4) is 0 Å². The van der Waals surface area contributed by atoms with Gasteiger partial charge in [-0.25, -0.2) is 0 Å². The molecule has 110 valence electrons. The van der Waals surface area contributed by atoms with Gasteiger partial charge in [0.15, 0.2) is 0 Å². The summed E-state index contributed by atoms with van der Waals surface area (Å²) in [6, 6.07) is 17.8. The maximum absolute atomic E-state index is 12.0. The summed E-state index contributed by atoms with van der Waals surface area (Å²) < 4.78 is 1.00. The molecule has 2 aromatic rings. The molecule has 21 heavy (non-hydrogen) atoms. The fraction of sp³-hybridized carbons (Fsp3) is 0.235. The van der Waals surface area contributed by atoms with Crippen LogP contribution < -0.4 is 10.2 Å². The van der Waals surface area contributed by atoms with Gasteiger partial charge in [-0.2, -0.15) is 0 Å². The third-order valence-electron chi connectivity index (χ3n) is 3.24. The second-order valence-corrected chi connectivity index (χ2v) is 5.64. The molecule has 1 amide bonds. The number of anilines is 2. The summed E-state index contributed by atoms with van der Waals surface area (Å²) in [6.07, 6.45) is 0.471. The summed E-state index contributed by atoms with van der Waals surface area (Å²) in [6.45, 7) is 3.69. The van der Waals surface area contributed by atoms with Crippen LogP contribution in [0.3, 0.4) is 0 Å². The van der Waals surface area contributed by atoms with Gasteiger partial charge < -0.3 is 10.2 Å². The van der Waals surface area contributed by atoms with E-state index in [1.54, 1.807) is 0 Å². The summed E-state index contributed by atoms with van der Waals surface area (Å²) in [5, 5.41) is 2.91. The molecule has 0 spiro atoms. The molecule has 0 atom stereocenters. The van der Waals surface area contributed by atoms with E-state index in [1.165, 1.54) is 0 Å². The van der Waals surface area contributed by atoms with Gasteiger partial charge in [0.25, 0.3) is 0 Å². The molecule has 1 N–H and O–H groups in total. The number of para-hydroxylation sites is 1. The minimum atomic E-state index is 0.0340. The van der Waals surface area contributed by atoms with Crippen molar-refractivity contribution >= 4 is 33.2 Å². The first-order chi connectivity index (χ1) is 10.2. The number of hydrogen-bond acceptors (Lipinski definition) is 2. The topological polar surface area (TPSA) is 32.3 Å². The van der Waals surface area contributed by atoms with Gasteiger partial charge in [0.05, 0.1) is 0 Å². The van der Waals surface area contributed by atoms with E-state index < -0.39 is 0 Å². The van der Waals surface area contributed by atoms with Crippen molar-refractivity contribution in [2.45, 2.75) is 13.3 Å². The van der Waals surface area contributed by atoms with Gasteiger partial charge in [-0.1, -0.05) is 34.1 Å². The first-order valence-corrected chi connectivity index (χ1v) is 7.83. The number of rotatable bonds is 6. The molecule has 0 aliphatic carbocycles. The van der Waals surface area contributed by atoms with Gasteiger partial charge >= 0.3 is 0 Å². The molecule has 0 radical (unpaired) electrons. The van der Waals surface area contributed by atoms with Crippen molar-refractivity contribution < 1.29 is 4.79 Å². The SMILES string of the molecule is CCN(CCC(=O)Nc1ccc(Br)cc1)c1ccccc1. The van der Waals surface area contributed by atoms with E-state index in [0.29, 0.717) is 13.0 Å². The molecule has 0 aliphatic rings. The maximum atomic E-state index is 12.0. The predicted molar refractivity (Wildman–Crippen MR) is 91.7 cm³/mol. The van der Waals surface area contributed by atoms with Gasteiger partial charge in [-0.05, 0) is 43.3 Å². The maximum Gasteiger partial charge on any atom is 0.226 e. The van der Waals surface area contributed by atoms with Crippen molar-refractivity contribution in [1.29, 1.82) is 0 Å². The molecule has 0 aromatic heterocycles. The number of carbonyl (C=O) groups is 1. The number of carbonyl (C=O) groups excluding carboxylic acids is 1. The van der Waals surface area contributed by atoms with E-state index in [4.69, 9.17) is 0 Å². The Morgan fingerprint density at radius 1 is 1.10 bits per heavy atom. The van der Waals surface area contributed by atoms with Crippen LogP contribution in [0.2, 0.25) is 0 Å². The lowest BCUT2D eigenvalue weighted by Crippen LogP contribution is -2.27. The number of benzene rings is 2. The first-order valence-electron chi connectivity index (χ1n) is 7.04. The molecule has 4 heteroatoms. The van der Waals surface area contributed by atoms with E-state index in [2.05, 4.69) is 45.2 Å². The number of nitrogens with one attached hydrogen (secondary N) is 1. The van der Waals surface area contributed by atoms with Crippen molar-refractivity contribution in [2.75, 3.05) is 23.3 Å². The molecular formula is C17H19BrN2O. The van der Waals surface area contributed by atoms with Gasteiger partial charge in [-0.3, -0.25) is 4.79 Å². The normalized spacial score (nSPS) is 10.2. The summed E-state index contributed by atoms with van der Waals surface area (Å²) in [7, 11) is 0. The molecule has 0 saturated carbocycles. The number of amides is 1. The highest BCUT2D eigenvalue weighted by atomic mass is 79.9. The Morgan fingerprint density at radius 3 is 2.38 bits per heavy atom. The Bertz CT molecular complexity index is 569. The second kappa shape index (κ2) is 7.84. The van der Waals surface area contributed by atoms with E-state index in [1.807, 2.05) is 42.5 Å². The summed E-state index contributed by atoms with van der Waals surface area (Å²) >= 11 is 3.38. The van der Waals surface area contributed by atoms with Crippen LogP contribution in [-0.4, -0.2) is 19.0 Å². The largest absolute Gasteiger partial charge is 0.371 e. The van der Waals surface area contributed by atoms with Crippen molar-refractivity contribution in [2.24, 2.45) is 0 Å². The molecule has 3 nitrogen and oxygen atoms in total. The molecule has 0 heterocycles. The van der Waals surface area contributed by atoms with Crippen LogP contribution in [0.4, 0.5) is 11.4 Å². The molecule has 0 fully saturated rings. The summed E-state index contributed by atoms with van der Waals surface area (Å²) in [5.41, 5.74) is 1.97. The average molecular weight is 347 g/mol. The predicted octanol–water partition coefficient (Wildman–Crippen LogP) is 4.30. The Kier molecular flexibility index (Phi) is 5.81. The number of hydrogen-bond donors (Lipinski definition) is 1. The van der Waals surface area contributed by atoms with E-state index in [-0.39, 0.29) is 5.91 Å². The fourth-order valence-corrected chi connectivity index (χ4v) is 2.37. The summed E-state index contributed by atoms with van der Waals surface area (Å²) in [5.74, 6) is 0.0340. The lowest BCUT2D eigenvalue weighted by molar-refractivity contribution is -0.116. The van der Waals surface area contributed by atoms with Crippen molar-refractivity contribution in [1.82, 2.24) is 0 Å². The number of nitrogens with zero attached hydrogens (tertiary/aromatic N) is 1. The van der Waals surface area contributed by atoms with Crippen LogP contribution in [-0.2, 0) is 4.79 Å². The Balaban J connectivity index is 1.86. The Hall–Kier alpha value is -1.81. The van der Waals surface area contributed by atoms with E-state index in [0.717, 1.165) is 22.4 Å². The van der Waals surface area contributed by atoms with Gasteiger partial charge in [0.1, 0.15) is 0 Å². The first kappa shape index (κ1) is 15.6. The van der Waals surface area contributed by atoms with Gasteiger partial charge in [0.2, 0.25) is 5.91 Å². The zero-order valence-corrected chi connectivity index (χ0v) is 13.6. The highest BCUT2D eigenvalue weighted by Gasteiger charge is 2.07. The highest BCUT2D eigenvalue weighted by molar-refractivity contribution is 9.10. The summed E-state index contributed by atoms with van der Waals surface area (Å²) in [4.78, 5) is 14.2. The van der Waals surface area contributed by atoms with Crippen LogP contribution >= 0.6 is 15.9 Å².